The van der Waals surface area contributed by atoms with E-state index in [-0.39, 0.29) is 24.0 Å². The molecule has 0 bridgehead atoms. The van der Waals surface area contributed by atoms with Gasteiger partial charge < -0.3 is 9.47 Å². The highest BCUT2D eigenvalue weighted by molar-refractivity contribution is 7.93. The molecule has 1 N–H and O–H groups in total. The lowest BCUT2D eigenvalue weighted by molar-refractivity contribution is 0.391. The lowest BCUT2D eigenvalue weighted by Crippen LogP contribution is -2.29. The SMILES string of the molecule is COc1cccc(OC)c1-n1c(NS(=O)(=O)C(C)Cc2ncc(F)cn2)nnc1-c1cc(C)n(C)n1. The number of halogens is 1. The molecule has 4 rings (SSSR count). The summed E-state index contributed by atoms with van der Waals surface area (Å²) in [6.45, 7) is 3.37. The van der Waals surface area contributed by atoms with E-state index in [4.69, 9.17) is 9.47 Å². The lowest BCUT2D eigenvalue weighted by Gasteiger charge is -2.18. The molecule has 3 aromatic heterocycles. The molecule has 0 amide bonds. The van der Waals surface area contributed by atoms with Crippen LogP contribution in [0.3, 0.4) is 0 Å². The van der Waals surface area contributed by atoms with Crippen LogP contribution in [0, 0.1) is 12.7 Å². The van der Waals surface area contributed by atoms with Crippen molar-refractivity contribution in [2.45, 2.75) is 25.5 Å². The number of rotatable bonds is 9. The van der Waals surface area contributed by atoms with Gasteiger partial charge in [0.15, 0.2) is 11.6 Å². The highest BCUT2D eigenvalue weighted by atomic mass is 32.2. The summed E-state index contributed by atoms with van der Waals surface area (Å²) in [5.74, 6) is 0.555. The van der Waals surface area contributed by atoms with Gasteiger partial charge in [-0.3, -0.25) is 14.0 Å². The summed E-state index contributed by atoms with van der Waals surface area (Å²) in [6, 6.07) is 6.95. The minimum Gasteiger partial charge on any atom is -0.494 e. The van der Waals surface area contributed by atoms with E-state index in [1.54, 1.807) is 36.0 Å². The first kappa shape index (κ1) is 25.0. The minimum absolute atomic E-state index is 0.0476. The van der Waals surface area contributed by atoms with Crippen molar-refractivity contribution >= 4 is 16.0 Å². The highest BCUT2D eigenvalue weighted by Gasteiger charge is 2.29. The van der Waals surface area contributed by atoms with E-state index in [1.807, 2.05) is 6.92 Å². The molecule has 0 aliphatic carbocycles. The number of aromatic nitrogens is 7. The first-order valence-electron chi connectivity index (χ1n) is 10.8. The van der Waals surface area contributed by atoms with E-state index >= 15 is 0 Å². The van der Waals surface area contributed by atoms with Gasteiger partial charge >= 0.3 is 0 Å². The Balaban J connectivity index is 1.81. The summed E-state index contributed by atoms with van der Waals surface area (Å²) in [5, 5.41) is 11.9. The van der Waals surface area contributed by atoms with Gasteiger partial charge in [-0.05, 0) is 32.0 Å². The van der Waals surface area contributed by atoms with Gasteiger partial charge in [-0.2, -0.15) is 5.10 Å². The van der Waals surface area contributed by atoms with E-state index in [9.17, 15) is 12.8 Å². The predicted octanol–water partition coefficient (Wildman–Crippen LogP) is 2.30. The molecule has 1 unspecified atom stereocenters. The van der Waals surface area contributed by atoms with Crippen molar-refractivity contribution in [2.24, 2.45) is 7.05 Å². The molecule has 0 fully saturated rings. The van der Waals surface area contributed by atoms with Crippen LogP contribution in [0.2, 0.25) is 0 Å². The largest absolute Gasteiger partial charge is 0.494 e. The Morgan fingerprint density at radius 2 is 1.75 bits per heavy atom. The Labute approximate surface area is 207 Å². The van der Waals surface area contributed by atoms with Crippen molar-refractivity contribution in [3.63, 3.8) is 0 Å². The number of sulfonamides is 1. The zero-order valence-corrected chi connectivity index (χ0v) is 21.1. The number of para-hydroxylation sites is 1. The van der Waals surface area contributed by atoms with Gasteiger partial charge in [0.05, 0.1) is 31.9 Å². The van der Waals surface area contributed by atoms with Crippen LogP contribution in [-0.2, 0) is 23.5 Å². The molecule has 190 valence electrons. The van der Waals surface area contributed by atoms with Crippen LogP contribution in [0.15, 0.2) is 36.7 Å². The van der Waals surface area contributed by atoms with Crippen molar-refractivity contribution in [1.82, 2.24) is 34.5 Å². The first-order chi connectivity index (χ1) is 17.1. The number of methoxy groups -OCH3 is 2. The van der Waals surface area contributed by atoms with E-state index in [1.165, 1.54) is 25.7 Å². The fourth-order valence-electron chi connectivity index (χ4n) is 3.49. The highest BCUT2D eigenvalue weighted by Crippen LogP contribution is 2.37. The summed E-state index contributed by atoms with van der Waals surface area (Å²) < 4.78 is 56.4. The molecule has 0 saturated heterocycles. The number of anilines is 1. The number of hydrogen-bond donors (Lipinski definition) is 1. The Hall–Kier alpha value is -4.07. The molecule has 0 saturated carbocycles. The van der Waals surface area contributed by atoms with Crippen LogP contribution in [0.5, 0.6) is 11.5 Å². The van der Waals surface area contributed by atoms with E-state index in [0.717, 1.165) is 18.1 Å². The Bertz CT molecular complexity index is 1440. The second-order valence-corrected chi connectivity index (χ2v) is 10.1. The third kappa shape index (κ3) is 4.84. The molecule has 14 heteroatoms. The van der Waals surface area contributed by atoms with Crippen LogP contribution in [-0.4, -0.2) is 62.4 Å². The van der Waals surface area contributed by atoms with Crippen molar-refractivity contribution < 1.29 is 22.3 Å². The van der Waals surface area contributed by atoms with Crippen LogP contribution in [0.4, 0.5) is 10.3 Å². The molecule has 36 heavy (non-hydrogen) atoms. The quantitative estimate of drug-likeness (QED) is 0.355. The maximum atomic E-state index is 13.3. The van der Waals surface area contributed by atoms with E-state index in [2.05, 4.69) is 30.0 Å². The fraction of sp³-hybridized carbons (Fsp3) is 0.318. The normalized spacial score (nSPS) is 12.4. The van der Waals surface area contributed by atoms with Gasteiger partial charge in [0.2, 0.25) is 16.0 Å². The third-order valence-electron chi connectivity index (χ3n) is 5.54. The van der Waals surface area contributed by atoms with Gasteiger partial charge in [-0.25, -0.2) is 22.8 Å². The van der Waals surface area contributed by atoms with E-state index in [0.29, 0.717) is 22.9 Å². The number of benzene rings is 1. The fourth-order valence-corrected chi connectivity index (χ4v) is 4.45. The average Bonchev–Trinajstić information content (AvgIpc) is 3.41. The maximum absolute atomic E-state index is 13.3. The van der Waals surface area contributed by atoms with Crippen molar-refractivity contribution in [3.8, 4) is 28.7 Å². The van der Waals surface area contributed by atoms with Crippen molar-refractivity contribution in [3.05, 3.63) is 54.0 Å². The van der Waals surface area contributed by atoms with Gasteiger partial charge in [0, 0.05) is 19.2 Å². The molecule has 0 radical (unpaired) electrons. The maximum Gasteiger partial charge on any atom is 0.243 e. The number of ether oxygens (including phenoxy) is 2. The molecule has 12 nitrogen and oxygen atoms in total. The smallest absolute Gasteiger partial charge is 0.243 e. The molecule has 1 atom stereocenters. The predicted molar refractivity (Wildman–Crippen MR) is 129 cm³/mol. The standard InChI is InChI=1S/C22H25FN8O4S/c1-13-9-16(28-30(13)3)21-26-27-22(31(21)20-17(34-4)7-6-8-18(20)35-5)29-36(32,33)14(2)10-19-24-11-15(23)12-25-19/h6-9,11-12,14H,10H2,1-5H3,(H,27,29). The summed E-state index contributed by atoms with van der Waals surface area (Å²) in [5.41, 5.74) is 1.72. The lowest BCUT2D eigenvalue weighted by atomic mass is 10.2. The summed E-state index contributed by atoms with van der Waals surface area (Å²) in [7, 11) is 0.742. The van der Waals surface area contributed by atoms with Crippen LogP contribution in [0.1, 0.15) is 18.4 Å². The summed E-state index contributed by atoms with van der Waals surface area (Å²) in [6.07, 6.45) is 1.93. The van der Waals surface area contributed by atoms with Crippen LogP contribution >= 0.6 is 0 Å². The van der Waals surface area contributed by atoms with Crippen LogP contribution in [0.25, 0.3) is 17.2 Å². The zero-order valence-electron chi connectivity index (χ0n) is 20.3. The second kappa shape index (κ2) is 9.89. The molecule has 1 aromatic carbocycles. The summed E-state index contributed by atoms with van der Waals surface area (Å²) >= 11 is 0. The Morgan fingerprint density at radius 3 is 2.31 bits per heavy atom. The second-order valence-electron chi connectivity index (χ2n) is 7.97. The minimum atomic E-state index is -4.02. The molecular weight excluding hydrogens is 491 g/mol. The van der Waals surface area contributed by atoms with Crippen LogP contribution < -0.4 is 14.2 Å². The number of aryl methyl sites for hydroxylation is 2. The third-order valence-corrected chi connectivity index (χ3v) is 7.23. The number of nitrogens with one attached hydrogen (secondary N) is 1. The van der Waals surface area contributed by atoms with Gasteiger partial charge in [0.25, 0.3) is 0 Å². The van der Waals surface area contributed by atoms with Gasteiger partial charge in [-0.1, -0.05) is 6.07 Å². The Kier molecular flexibility index (Phi) is 6.88. The van der Waals surface area contributed by atoms with E-state index < -0.39 is 21.1 Å². The monoisotopic (exact) mass is 516 g/mol. The zero-order chi connectivity index (χ0) is 26.0. The molecule has 0 spiro atoms. The summed E-state index contributed by atoms with van der Waals surface area (Å²) in [4.78, 5) is 7.70. The first-order valence-corrected chi connectivity index (χ1v) is 12.3. The molecule has 3 heterocycles. The van der Waals surface area contributed by atoms with Gasteiger partial charge in [-0.15, -0.1) is 10.2 Å². The number of nitrogens with zero attached hydrogens (tertiary/aromatic N) is 7. The van der Waals surface area contributed by atoms with Crippen molar-refractivity contribution in [1.29, 1.82) is 0 Å². The topological polar surface area (TPSA) is 139 Å². The van der Waals surface area contributed by atoms with Crippen molar-refractivity contribution in [2.75, 3.05) is 18.9 Å². The molecule has 0 aliphatic heterocycles. The molecule has 0 aliphatic rings. The molecular formula is C22H25FN8O4S. The number of hydrogen-bond acceptors (Lipinski definition) is 9. The molecule has 4 aromatic rings. The Morgan fingerprint density at radius 1 is 1.11 bits per heavy atom. The van der Waals surface area contributed by atoms with Gasteiger partial charge in [0.1, 0.15) is 28.7 Å². The average molecular weight is 517 g/mol.